The zero-order valence-electron chi connectivity index (χ0n) is 15.9. The molecule has 1 aromatic heterocycles. The van der Waals surface area contributed by atoms with Gasteiger partial charge in [0.2, 0.25) is 5.91 Å². The number of carbonyl (C=O) groups is 1. The predicted octanol–water partition coefficient (Wildman–Crippen LogP) is 2.68. The summed E-state index contributed by atoms with van der Waals surface area (Å²) < 4.78 is 33.2. The molecule has 0 radical (unpaired) electrons. The van der Waals surface area contributed by atoms with Crippen molar-refractivity contribution in [2.24, 2.45) is 0 Å². The van der Waals surface area contributed by atoms with Crippen LogP contribution in [0.25, 0.3) is 10.9 Å². The summed E-state index contributed by atoms with van der Waals surface area (Å²) in [6, 6.07) is 8.21. The molecule has 0 spiro atoms. The molecule has 29 heavy (non-hydrogen) atoms. The fourth-order valence-electron chi connectivity index (χ4n) is 4.03. The van der Waals surface area contributed by atoms with Crippen LogP contribution in [0.3, 0.4) is 0 Å². The van der Waals surface area contributed by atoms with Gasteiger partial charge in [0.1, 0.15) is 29.9 Å². The largest absolute Gasteiger partial charge is 0.490 e. The fraction of sp³-hybridized carbons (Fsp3) is 0.476. The van der Waals surface area contributed by atoms with Gasteiger partial charge in [-0.1, -0.05) is 6.07 Å². The first-order chi connectivity index (χ1) is 14.0. The fourth-order valence-corrected chi connectivity index (χ4v) is 4.03. The number of aromatic nitrogens is 1. The highest BCUT2D eigenvalue weighted by Crippen LogP contribution is 2.28. The van der Waals surface area contributed by atoms with Crippen LogP contribution in [0.1, 0.15) is 19.3 Å². The Labute approximate surface area is 167 Å². The van der Waals surface area contributed by atoms with E-state index in [9.17, 15) is 13.6 Å². The van der Waals surface area contributed by atoms with Gasteiger partial charge < -0.3 is 9.64 Å². The van der Waals surface area contributed by atoms with Gasteiger partial charge in [0.05, 0.1) is 30.9 Å². The van der Waals surface area contributed by atoms with E-state index in [1.54, 1.807) is 0 Å². The van der Waals surface area contributed by atoms with E-state index < -0.39 is 18.0 Å². The first kappa shape index (κ1) is 19.5. The number of likely N-dealkylation sites (tertiary alicyclic amines) is 2. The lowest BCUT2D eigenvalue weighted by Gasteiger charge is -2.33. The van der Waals surface area contributed by atoms with Crippen molar-refractivity contribution in [3.63, 3.8) is 0 Å². The van der Waals surface area contributed by atoms with Crippen molar-refractivity contribution in [2.75, 3.05) is 26.2 Å². The van der Waals surface area contributed by atoms with E-state index in [0.29, 0.717) is 29.7 Å². The number of piperidine rings is 1. The Morgan fingerprint density at radius 3 is 2.90 bits per heavy atom. The van der Waals surface area contributed by atoms with Crippen molar-refractivity contribution < 1.29 is 18.3 Å². The van der Waals surface area contributed by atoms with Crippen LogP contribution in [0, 0.1) is 17.1 Å². The van der Waals surface area contributed by atoms with Gasteiger partial charge in [-0.05, 0) is 31.0 Å². The van der Waals surface area contributed by atoms with E-state index in [0.717, 1.165) is 12.8 Å². The SMILES string of the molecule is N#CC1C[C@H](F)CN1C(=O)CN1CCC(Oc2cccc3ncc(F)cc23)CC1. The quantitative estimate of drug-likeness (QED) is 0.789. The Bertz CT molecular complexity index is 940. The number of pyridine rings is 1. The maximum Gasteiger partial charge on any atom is 0.237 e. The van der Waals surface area contributed by atoms with Crippen molar-refractivity contribution in [3.8, 4) is 11.8 Å². The highest BCUT2D eigenvalue weighted by atomic mass is 19.1. The van der Waals surface area contributed by atoms with Gasteiger partial charge in [-0.25, -0.2) is 8.78 Å². The Morgan fingerprint density at radius 1 is 1.34 bits per heavy atom. The molecule has 2 atom stereocenters. The molecule has 0 saturated carbocycles. The van der Waals surface area contributed by atoms with Crippen LogP contribution < -0.4 is 4.74 Å². The summed E-state index contributed by atoms with van der Waals surface area (Å²) in [6.45, 7) is 1.51. The Balaban J connectivity index is 1.33. The molecule has 1 aromatic carbocycles. The molecule has 3 heterocycles. The minimum Gasteiger partial charge on any atom is -0.490 e. The minimum absolute atomic E-state index is 0.00229. The summed E-state index contributed by atoms with van der Waals surface area (Å²) in [5.41, 5.74) is 0.677. The molecular formula is C21H22F2N4O2. The summed E-state index contributed by atoms with van der Waals surface area (Å²) in [5.74, 6) is -0.00593. The topological polar surface area (TPSA) is 69.5 Å². The Hall–Kier alpha value is -2.79. The summed E-state index contributed by atoms with van der Waals surface area (Å²) in [7, 11) is 0. The van der Waals surface area contributed by atoms with Gasteiger partial charge in [0, 0.05) is 24.9 Å². The number of ether oxygens (including phenoxy) is 1. The minimum atomic E-state index is -1.12. The molecule has 152 valence electrons. The molecule has 2 fully saturated rings. The van der Waals surface area contributed by atoms with E-state index in [1.807, 2.05) is 29.2 Å². The van der Waals surface area contributed by atoms with E-state index in [4.69, 9.17) is 10.00 Å². The highest BCUT2D eigenvalue weighted by Gasteiger charge is 2.36. The molecule has 6 nitrogen and oxygen atoms in total. The number of rotatable bonds is 4. The Morgan fingerprint density at radius 2 is 2.14 bits per heavy atom. The molecule has 2 aromatic rings. The molecule has 2 saturated heterocycles. The van der Waals surface area contributed by atoms with Crippen molar-refractivity contribution in [1.29, 1.82) is 5.26 Å². The second kappa shape index (κ2) is 8.29. The molecule has 1 unspecified atom stereocenters. The highest BCUT2D eigenvalue weighted by molar-refractivity contribution is 5.85. The van der Waals surface area contributed by atoms with Crippen molar-refractivity contribution >= 4 is 16.8 Å². The number of nitrogens with zero attached hydrogens (tertiary/aromatic N) is 4. The monoisotopic (exact) mass is 400 g/mol. The lowest BCUT2D eigenvalue weighted by molar-refractivity contribution is -0.133. The van der Waals surface area contributed by atoms with Gasteiger partial charge in [-0.15, -0.1) is 0 Å². The van der Waals surface area contributed by atoms with Crippen molar-refractivity contribution in [3.05, 3.63) is 36.3 Å². The molecule has 0 N–H and O–H groups in total. The predicted molar refractivity (Wildman–Crippen MR) is 102 cm³/mol. The molecular weight excluding hydrogens is 378 g/mol. The summed E-state index contributed by atoms with van der Waals surface area (Å²) in [6.07, 6.45) is 1.56. The van der Waals surface area contributed by atoms with Crippen LogP contribution >= 0.6 is 0 Å². The zero-order chi connectivity index (χ0) is 20.4. The van der Waals surface area contributed by atoms with E-state index >= 15 is 0 Å². The zero-order valence-corrected chi connectivity index (χ0v) is 15.9. The van der Waals surface area contributed by atoms with Gasteiger partial charge in [0.25, 0.3) is 0 Å². The van der Waals surface area contributed by atoms with Crippen LogP contribution in [0.5, 0.6) is 5.75 Å². The molecule has 1 amide bonds. The van der Waals surface area contributed by atoms with Crippen LogP contribution in [-0.2, 0) is 4.79 Å². The standard InChI is InChI=1S/C21H22F2N4O2/c22-14-9-18-19(25-11-14)2-1-3-20(18)29-17-4-6-26(7-5-17)13-21(28)27-12-15(23)8-16(27)10-24/h1-3,9,11,15-17H,4-8,12-13H2/t15-,16?/m0/s1. The number of nitriles is 1. The van der Waals surface area contributed by atoms with Gasteiger partial charge in [-0.2, -0.15) is 5.26 Å². The Kier molecular flexibility index (Phi) is 5.58. The third kappa shape index (κ3) is 4.30. The van der Waals surface area contributed by atoms with E-state index in [-0.39, 0.29) is 31.5 Å². The normalized spacial score (nSPS) is 23.3. The molecule has 0 aliphatic carbocycles. The van der Waals surface area contributed by atoms with Crippen LogP contribution in [0.15, 0.2) is 30.5 Å². The maximum absolute atomic E-state index is 13.6. The van der Waals surface area contributed by atoms with Gasteiger partial charge in [0.15, 0.2) is 0 Å². The number of alkyl halides is 1. The average molecular weight is 400 g/mol. The molecule has 8 heteroatoms. The first-order valence-electron chi connectivity index (χ1n) is 9.80. The first-order valence-corrected chi connectivity index (χ1v) is 9.80. The average Bonchev–Trinajstić information content (AvgIpc) is 3.11. The third-order valence-electron chi connectivity index (χ3n) is 5.56. The summed E-state index contributed by atoms with van der Waals surface area (Å²) in [4.78, 5) is 19.9. The molecule has 2 aliphatic heterocycles. The van der Waals surface area contributed by atoms with Gasteiger partial charge in [-0.3, -0.25) is 14.7 Å². The van der Waals surface area contributed by atoms with Crippen LogP contribution in [0.4, 0.5) is 8.78 Å². The third-order valence-corrected chi connectivity index (χ3v) is 5.56. The summed E-state index contributed by atoms with van der Waals surface area (Å²) >= 11 is 0. The van der Waals surface area contributed by atoms with E-state index in [1.165, 1.54) is 17.2 Å². The number of fused-ring (bicyclic) bond motifs is 1. The lowest BCUT2D eigenvalue weighted by atomic mass is 10.1. The number of hydrogen-bond donors (Lipinski definition) is 0. The second-order valence-electron chi connectivity index (χ2n) is 7.59. The van der Waals surface area contributed by atoms with Crippen LogP contribution in [0.2, 0.25) is 0 Å². The number of carbonyl (C=O) groups excluding carboxylic acids is 1. The number of benzene rings is 1. The summed E-state index contributed by atoms with van der Waals surface area (Å²) in [5, 5.41) is 9.75. The molecule has 2 aliphatic rings. The molecule has 0 bridgehead atoms. The van der Waals surface area contributed by atoms with Gasteiger partial charge >= 0.3 is 0 Å². The van der Waals surface area contributed by atoms with E-state index in [2.05, 4.69) is 4.98 Å². The lowest BCUT2D eigenvalue weighted by Crippen LogP contribution is -2.46. The number of halogens is 2. The second-order valence-corrected chi connectivity index (χ2v) is 7.59. The number of amides is 1. The number of hydrogen-bond acceptors (Lipinski definition) is 5. The van der Waals surface area contributed by atoms with Crippen molar-refractivity contribution in [2.45, 2.75) is 37.6 Å². The van der Waals surface area contributed by atoms with Crippen molar-refractivity contribution in [1.82, 2.24) is 14.8 Å². The maximum atomic E-state index is 13.6. The smallest absolute Gasteiger partial charge is 0.237 e. The van der Waals surface area contributed by atoms with Crippen LogP contribution in [-0.4, -0.2) is 65.2 Å². The molecule has 4 rings (SSSR count).